The third-order valence-electron chi connectivity index (χ3n) is 2.45. The standard InChI is InChI=1S/C13H20N2O4/c1-9(8-17-2)14-13(16)15-11-7-10(18-3)5-6-12(11)19-4/h5-7,9H,8H2,1-4H3,(H2,14,15,16). The maximum atomic E-state index is 11.8. The molecule has 0 spiro atoms. The van der Waals surface area contributed by atoms with E-state index in [2.05, 4.69) is 10.6 Å². The first-order valence-electron chi connectivity index (χ1n) is 5.89. The van der Waals surface area contributed by atoms with Gasteiger partial charge in [-0.25, -0.2) is 4.79 Å². The molecule has 0 saturated carbocycles. The van der Waals surface area contributed by atoms with Crippen LogP contribution in [0.25, 0.3) is 0 Å². The van der Waals surface area contributed by atoms with Gasteiger partial charge >= 0.3 is 6.03 Å². The molecule has 2 N–H and O–H groups in total. The van der Waals surface area contributed by atoms with Crippen molar-refractivity contribution in [3.8, 4) is 11.5 Å². The monoisotopic (exact) mass is 268 g/mol. The second-order valence-electron chi connectivity index (χ2n) is 4.02. The molecule has 0 bridgehead atoms. The highest BCUT2D eigenvalue weighted by Gasteiger charge is 2.11. The number of benzene rings is 1. The van der Waals surface area contributed by atoms with Crippen LogP contribution in [0.1, 0.15) is 6.92 Å². The van der Waals surface area contributed by atoms with Crippen LogP contribution in [0.4, 0.5) is 10.5 Å². The molecule has 0 radical (unpaired) electrons. The normalized spacial score (nSPS) is 11.6. The molecule has 0 aliphatic heterocycles. The van der Waals surface area contributed by atoms with E-state index in [0.29, 0.717) is 23.8 Å². The van der Waals surface area contributed by atoms with Crippen LogP contribution >= 0.6 is 0 Å². The van der Waals surface area contributed by atoms with Crippen LogP contribution in [0.5, 0.6) is 11.5 Å². The van der Waals surface area contributed by atoms with Crippen LogP contribution in [0.2, 0.25) is 0 Å². The molecule has 0 aliphatic rings. The van der Waals surface area contributed by atoms with Gasteiger partial charge in [-0.3, -0.25) is 0 Å². The molecule has 19 heavy (non-hydrogen) atoms. The zero-order chi connectivity index (χ0) is 14.3. The van der Waals surface area contributed by atoms with Crippen molar-refractivity contribution in [2.45, 2.75) is 13.0 Å². The summed E-state index contributed by atoms with van der Waals surface area (Å²) in [6.07, 6.45) is 0. The van der Waals surface area contributed by atoms with E-state index in [1.165, 1.54) is 0 Å². The van der Waals surface area contributed by atoms with Crippen LogP contribution < -0.4 is 20.1 Å². The molecule has 106 valence electrons. The zero-order valence-electron chi connectivity index (χ0n) is 11.6. The molecule has 1 atom stereocenters. The predicted octanol–water partition coefficient (Wildman–Crippen LogP) is 1.86. The van der Waals surface area contributed by atoms with Crippen LogP contribution in [0, 0.1) is 0 Å². The van der Waals surface area contributed by atoms with Crippen molar-refractivity contribution >= 4 is 11.7 Å². The molecule has 1 rings (SSSR count). The Morgan fingerprint density at radius 2 is 2.00 bits per heavy atom. The molecular formula is C13H20N2O4. The highest BCUT2D eigenvalue weighted by atomic mass is 16.5. The molecule has 1 unspecified atom stereocenters. The van der Waals surface area contributed by atoms with Gasteiger partial charge < -0.3 is 24.8 Å². The first-order chi connectivity index (χ1) is 9.10. The topological polar surface area (TPSA) is 68.8 Å². The van der Waals surface area contributed by atoms with Gasteiger partial charge in [0, 0.05) is 13.2 Å². The minimum Gasteiger partial charge on any atom is -0.497 e. The van der Waals surface area contributed by atoms with Crippen molar-refractivity contribution in [1.29, 1.82) is 0 Å². The van der Waals surface area contributed by atoms with Crippen molar-refractivity contribution < 1.29 is 19.0 Å². The Hall–Kier alpha value is -1.95. The maximum absolute atomic E-state index is 11.8. The molecule has 0 saturated heterocycles. The van der Waals surface area contributed by atoms with Gasteiger partial charge in [-0.1, -0.05) is 0 Å². The van der Waals surface area contributed by atoms with Gasteiger partial charge in [-0.05, 0) is 19.1 Å². The molecule has 1 aromatic rings. The second-order valence-corrected chi connectivity index (χ2v) is 4.02. The lowest BCUT2D eigenvalue weighted by molar-refractivity contribution is 0.173. The Bertz CT molecular complexity index is 423. The first-order valence-corrected chi connectivity index (χ1v) is 5.89. The highest BCUT2D eigenvalue weighted by Crippen LogP contribution is 2.28. The van der Waals surface area contributed by atoms with Crippen LogP contribution in [-0.2, 0) is 4.74 Å². The number of ether oxygens (including phenoxy) is 3. The van der Waals surface area contributed by atoms with Crippen molar-refractivity contribution in [3.05, 3.63) is 18.2 Å². The van der Waals surface area contributed by atoms with Gasteiger partial charge in [-0.15, -0.1) is 0 Å². The number of anilines is 1. The quantitative estimate of drug-likeness (QED) is 0.826. The summed E-state index contributed by atoms with van der Waals surface area (Å²) in [4.78, 5) is 11.8. The van der Waals surface area contributed by atoms with Gasteiger partial charge in [0.1, 0.15) is 11.5 Å². The largest absolute Gasteiger partial charge is 0.497 e. The fraction of sp³-hybridized carbons (Fsp3) is 0.462. The number of nitrogens with one attached hydrogen (secondary N) is 2. The Kier molecular flexibility index (Phi) is 5.95. The molecule has 0 heterocycles. The summed E-state index contributed by atoms with van der Waals surface area (Å²) in [6, 6.07) is 4.78. The van der Waals surface area contributed by atoms with E-state index in [1.807, 2.05) is 6.92 Å². The lowest BCUT2D eigenvalue weighted by atomic mass is 10.2. The first kappa shape index (κ1) is 15.1. The second kappa shape index (κ2) is 7.48. The summed E-state index contributed by atoms with van der Waals surface area (Å²) in [6.45, 7) is 2.30. The SMILES string of the molecule is COCC(C)NC(=O)Nc1cc(OC)ccc1OC. The minimum absolute atomic E-state index is 0.0818. The fourth-order valence-electron chi connectivity index (χ4n) is 1.59. The van der Waals surface area contributed by atoms with Gasteiger partial charge in [0.25, 0.3) is 0 Å². The summed E-state index contributed by atoms with van der Waals surface area (Å²) in [5.74, 6) is 1.20. The summed E-state index contributed by atoms with van der Waals surface area (Å²) in [5, 5.41) is 5.46. The van der Waals surface area contributed by atoms with Crippen LogP contribution in [0.15, 0.2) is 18.2 Å². The van der Waals surface area contributed by atoms with Crippen molar-refractivity contribution in [1.82, 2.24) is 5.32 Å². The van der Waals surface area contributed by atoms with Crippen molar-refractivity contribution in [2.24, 2.45) is 0 Å². The number of carbonyl (C=O) groups is 1. The van der Waals surface area contributed by atoms with Gasteiger partial charge in [-0.2, -0.15) is 0 Å². The number of amides is 2. The van der Waals surface area contributed by atoms with Gasteiger partial charge in [0.15, 0.2) is 0 Å². The van der Waals surface area contributed by atoms with Crippen molar-refractivity contribution in [3.63, 3.8) is 0 Å². The Morgan fingerprint density at radius 1 is 1.26 bits per heavy atom. The maximum Gasteiger partial charge on any atom is 0.319 e. The molecule has 0 fully saturated rings. The molecule has 6 nitrogen and oxygen atoms in total. The van der Waals surface area contributed by atoms with E-state index >= 15 is 0 Å². The van der Waals surface area contributed by atoms with Crippen molar-refractivity contribution in [2.75, 3.05) is 33.3 Å². The van der Waals surface area contributed by atoms with E-state index in [-0.39, 0.29) is 12.1 Å². The smallest absolute Gasteiger partial charge is 0.319 e. The predicted molar refractivity (Wildman–Crippen MR) is 73.0 cm³/mol. The number of carbonyl (C=O) groups excluding carboxylic acids is 1. The molecule has 0 aliphatic carbocycles. The summed E-state index contributed by atoms with van der Waals surface area (Å²) in [7, 11) is 4.69. The summed E-state index contributed by atoms with van der Waals surface area (Å²) >= 11 is 0. The molecule has 0 aromatic heterocycles. The van der Waals surface area contributed by atoms with Crippen LogP contribution in [-0.4, -0.2) is 40.0 Å². The summed E-state index contributed by atoms with van der Waals surface area (Å²) in [5.41, 5.74) is 0.545. The lowest BCUT2D eigenvalue weighted by Gasteiger charge is -2.15. The Morgan fingerprint density at radius 3 is 2.58 bits per heavy atom. The minimum atomic E-state index is -0.323. The van der Waals surface area contributed by atoms with E-state index < -0.39 is 0 Å². The average molecular weight is 268 g/mol. The highest BCUT2D eigenvalue weighted by molar-refractivity contribution is 5.91. The Balaban J connectivity index is 2.71. The van der Waals surface area contributed by atoms with E-state index in [4.69, 9.17) is 14.2 Å². The van der Waals surface area contributed by atoms with Gasteiger partial charge in [0.2, 0.25) is 0 Å². The third-order valence-corrected chi connectivity index (χ3v) is 2.45. The number of rotatable bonds is 6. The number of methoxy groups -OCH3 is 3. The molecule has 1 aromatic carbocycles. The molecule has 2 amide bonds. The van der Waals surface area contributed by atoms with E-state index in [1.54, 1.807) is 39.5 Å². The number of hydrogen-bond donors (Lipinski definition) is 2. The van der Waals surface area contributed by atoms with Crippen LogP contribution in [0.3, 0.4) is 0 Å². The van der Waals surface area contributed by atoms with E-state index in [9.17, 15) is 4.79 Å². The average Bonchev–Trinajstić information content (AvgIpc) is 2.38. The lowest BCUT2D eigenvalue weighted by Crippen LogP contribution is -2.38. The van der Waals surface area contributed by atoms with E-state index in [0.717, 1.165) is 0 Å². The molecular weight excluding hydrogens is 248 g/mol. The zero-order valence-corrected chi connectivity index (χ0v) is 11.6. The summed E-state index contributed by atoms with van der Waals surface area (Å²) < 4.78 is 15.2. The molecule has 6 heteroatoms. The number of urea groups is 1. The van der Waals surface area contributed by atoms with Gasteiger partial charge in [0.05, 0.1) is 32.6 Å². The number of hydrogen-bond acceptors (Lipinski definition) is 4. The fourth-order valence-corrected chi connectivity index (χ4v) is 1.59. The Labute approximate surface area is 113 Å². The third kappa shape index (κ3) is 4.67.